The molecule has 0 amide bonds. The zero-order chi connectivity index (χ0) is 13.1. The lowest BCUT2D eigenvalue weighted by molar-refractivity contribution is 0.478. The van der Waals surface area contributed by atoms with Crippen LogP contribution < -0.4 is 11.3 Å². The van der Waals surface area contributed by atoms with E-state index in [1.807, 2.05) is 30.3 Å². The molecule has 3 N–H and O–H groups in total. The summed E-state index contributed by atoms with van der Waals surface area (Å²) in [6.45, 7) is 1.52. The third-order valence-corrected chi connectivity index (χ3v) is 2.92. The van der Waals surface area contributed by atoms with E-state index in [1.165, 1.54) is 6.92 Å². The molecule has 0 aliphatic heterocycles. The highest BCUT2D eigenvalue weighted by Gasteiger charge is 2.19. The Kier molecular flexibility index (Phi) is 3.69. The maximum absolute atomic E-state index is 13.9. The molecule has 2 nitrogen and oxygen atoms in total. The summed E-state index contributed by atoms with van der Waals surface area (Å²) in [4.78, 5) is 0. The smallest absolute Gasteiger partial charge is 0.164 e. The van der Waals surface area contributed by atoms with Crippen molar-refractivity contribution in [2.75, 3.05) is 0 Å². The topological polar surface area (TPSA) is 38.0 Å². The van der Waals surface area contributed by atoms with E-state index < -0.39 is 17.7 Å². The van der Waals surface area contributed by atoms with Crippen molar-refractivity contribution in [2.45, 2.75) is 13.0 Å². The Morgan fingerprint density at radius 1 is 1.00 bits per heavy atom. The number of hydrogen-bond donors (Lipinski definition) is 2. The number of nitrogens with one attached hydrogen (secondary N) is 1. The van der Waals surface area contributed by atoms with E-state index >= 15 is 0 Å². The van der Waals surface area contributed by atoms with Gasteiger partial charge < -0.3 is 0 Å². The number of halogens is 2. The molecule has 0 saturated heterocycles. The number of benzene rings is 2. The molecule has 0 aliphatic carbocycles. The Morgan fingerprint density at radius 3 is 2.28 bits per heavy atom. The summed E-state index contributed by atoms with van der Waals surface area (Å²) in [5, 5.41) is 0. The van der Waals surface area contributed by atoms with Crippen molar-refractivity contribution in [3.05, 3.63) is 70.8 Å². The number of hydrogen-bond acceptors (Lipinski definition) is 2. The Labute approximate surface area is 104 Å². The number of rotatable bonds is 3. The van der Waals surface area contributed by atoms with Crippen molar-refractivity contribution in [1.82, 2.24) is 5.43 Å². The minimum atomic E-state index is -0.859. The van der Waals surface area contributed by atoms with Gasteiger partial charge in [-0.3, -0.25) is 5.84 Å². The average Bonchev–Trinajstić information content (AvgIpc) is 2.41. The second kappa shape index (κ2) is 5.25. The van der Waals surface area contributed by atoms with Crippen LogP contribution in [0.15, 0.2) is 42.5 Å². The zero-order valence-corrected chi connectivity index (χ0v) is 9.95. The van der Waals surface area contributed by atoms with Crippen molar-refractivity contribution in [3.63, 3.8) is 0 Å². The summed E-state index contributed by atoms with van der Waals surface area (Å²) >= 11 is 0. The summed E-state index contributed by atoms with van der Waals surface area (Å²) in [6.07, 6.45) is 0. The zero-order valence-electron chi connectivity index (χ0n) is 9.95. The van der Waals surface area contributed by atoms with Gasteiger partial charge in [0.2, 0.25) is 0 Å². The molecule has 0 radical (unpaired) electrons. The molecule has 2 aromatic carbocycles. The highest BCUT2D eigenvalue weighted by molar-refractivity contribution is 5.35. The molecule has 0 spiro atoms. The van der Waals surface area contributed by atoms with Crippen molar-refractivity contribution >= 4 is 0 Å². The molecule has 0 aliphatic rings. The van der Waals surface area contributed by atoms with Crippen LogP contribution in [0.4, 0.5) is 8.78 Å². The molecule has 1 atom stereocenters. The Balaban J connectivity index is 2.50. The number of nitrogens with two attached hydrogens (primary N) is 1. The third kappa shape index (κ3) is 2.25. The first-order chi connectivity index (χ1) is 8.65. The van der Waals surface area contributed by atoms with Crippen LogP contribution in [0.25, 0.3) is 0 Å². The van der Waals surface area contributed by atoms with Crippen molar-refractivity contribution in [3.8, 4) is 0 Å². The summed E-state index contributed by atoms with van der Waals surface area (Å²) in [7, 11) is 0. The normalized spacial score (nSPS) is 12.4. The van der Waals surface area contributed by atoms with Gasteiger partial charge in [-0.1, -0.05) is 42.5 Å². The van der Waals surface area contributed by atoms with E-state index in [1.54, 1.807) is 12.1 Å². The maximum Gasteiger partial charge on any atom is 0.164 e. The predicted molar refractivity (Wildman–Crippen MR) is 66.7 cm³/mol. The van der Waals surface area contributed by atoms with Gasteiger partial charge in [0.25, 0.3) is 0 Å². The van der Waals surface area contributed by atoms with Crippen LogP contribution in [-0.4, -0.2) is 0 Å². The highest BCUT2D eigenvalue weighted by atomic mass is 19.2. The summed E-state index contributed by atoms with van der Waals surface area (Å²) < 4.78 is 27.5. The van der Waals surface area contributed by atoms with Crippen LogP contribution >= 0.6 is 0 Å². The fourth-order valence-electron chi connectivity index (χ4n) is 1.89. The fraction of sp³-hybridized carbons (Fsp3) is 0.143. The lowest BCUT2D eigenvalue weighted by atomic mass is 9.97. The first-order valence-electron chi connectivity index (χ1n) is 5.60. The van der Waals surface area contributed by atoms with Crippen LogP contribution in [0.1, 0.15) is 22.7 Å². The minimum absolute atomic E-state index is 0.201. The van der Waals surface area contributed by atoms with Crippen LogP contribution in [0.5, 0.6) is 0 Å². The van der Waals surface area contributed by atoms with Gasteiger partial charge in [0.1, 0.15) is 0 Å². The first-order valence-corrected chi connectivity index (χ1v) is 5.60. The van der Waals surface area contributed by atoms with E-state index in [0.717, 1.165) is 5.56 Å². The molecule has 0 fully saturated rings. The van der Waals surface area contributed by atoms with Gasteiger partial charge in [-0.15, -0.1) is 0 Å². The van der Waals surface area contributed by atoms with E-state index in [0.29, 0.717) is 0 Å². The molecule has 1 unspecified atom stereocenters. The molecule has 0 saturated carbocycles. The average molecular weight is 248 g/mol. The van der Waals surface area contributed by atoms with Crippen LogP contribution in [0.2, 0.25) is 0 Å². The number of hydrazine groups is 1. The maximum atomic E-state index is 13.9. The Hall–Kier alpha value is -1.78. The molecule has 2 rings (SSSR count). The van der Waals surface area contributed by atoms with Crippen molar-refractivity contribution < 1.29 is 8.78 Å². The lowest BCUT2D eigenvalue weighted by Crippen LogP contribution is -2.29. The quantitative estimate of drug-likeness (QED) is 0.647. The van der Waals surface area contributed by atoms with Gasteiger partial charge in [-0.05, 0) is 18.1 Å². The highest BCUT2D eigenvalue weighted by Crippen LogP contribution is 2.26. The first kappa shape index (κ1) is 12.7. The standard InChI is InChI=1S/C14H14F2N2/c1-9-7-8-11(13(16)12(9)15)14(18-17)10-5-3-2-4-6-10/h2-8,14,18H,17H2,1H3. The van der Waals surface area contributed by atoms with E-state index in [-0.39, 0.29) is 11.1 Å². The van der Waals surface area contributed by atoms with Gasteiger partial charge in [-0.2, -0.15) is 0 Å². The van der Waals surface area contributed by atoms with E-state index in [9.17, 15) is 8.78 Å². The lowest BCUT2D eigenvalue weighted by Gasteiger charge is -2.18. The number of aryl methyl sites for hydroxylation is 1. The summed E-state index contributed by atoms with van der Waals surface area (Å²) in [5.74, 6) is 3.77. The van der Waals surface area contributed by atoms with Crippen molar-refractivity contribution in [1.29, 1.82) is 0 Å². The minimum Gasteiger partial charge on any atom is -0.271 e. The van der Waals surface area contributed by atoms with Crippen LogP contribution in [0, 0.1) is 18.6 Å². The molecular formula is C14H14F2N2. The molecule has 94 valence electrons. The van der Waals surface area contributed by atoms with Crippen LogP contribution in [-0.2, 0) is 0 Å². The Morgan fingerprint density at radius 2 is 1.67 bits per heavy atom. The van der Waals surface area contributed by atoms with Gasteiger partial charge in [0, 0.05) is 5.56 Å². The van der Waals surface area contributed by atoms with Crippen molar-refractivity contribution in [2.24, 2.45) is 5.84 Å². The molecule has 0 heterocycles. The summed E-state index contributed by atoms with van der Waals surface area (Å²) in [6, 6.07) is 11.6. The Bertz CT molecular complexity index is 541. The van der Waals surface area contributed by atoms with Gasteiger partial charge >= 0.3 is 0 Å². The molecular weight excluding hydrogens is 234 g/mol. The van der Waals surface area contributed by atoms with Gasteiger partial charge in [-0.25, -0.2) is 14.2 Å². The molecule has 0 bridgehead atoms. The fourth-order valence-corrected chi connectivity index (χ4v) is 1.89. The molecule has 4 heteroatoms. The second-order valence-electron chi connectivity index (χ2n) is 4.11. The third-order valence-electron chi connectivity index (χ3n) is 2.92. The van der Waals surface area contributed by atoms with Gasteiger partial charge in [0.15, 0.2) is 11.6 Å². The summed E-state index contributed by atoms with van der Waals surface area (Å²) in [5.41, 5.74) is 3.77. The van der Waals surface area contributed by atoms with Crippen LogP contribution in [0.3, 0.4) is 0 Å². The second-order valence-corrected chi connectivity index (χ2v) is 4.11. The van der Waals surface area contributed by atoms with E-state index in [4.69, 9.17) is 5.84 Å². The largest absolute Gasteiger partial charge is 0.271 e. The van der Waals surface area contributed by atoms with E-state index in [2.05, 4.69) is 5.43 Å². The molecule has 2 aromatic rings. The SMILES string of the molecule is Cc1ccc(C(NN)c2ccccc2)c(F)c1F. The molecule has 0 aromatic heterocycles. The predicted octanol–water partition coefficient (Wildman–Crippen LogP) is 2.83. The molecule has 18 heavy (non-hydrogen) atoms. The monoisotopic (exact) mass is 248 g/mol. The van der Waals surface area contributed by atoms with Gasteiger partial charge in [0.05, 0.1) is 6.04 Å².